The van der Waals surface area contributed by atoms with Gasteiger partial charge in [0.2, 0.25) is 5.82 Å². The highest BCUT2D eigenvalue weighted by molar-refractivity contribution is 5.71. The Morgan fingerprint density at radius 3 is 2.17 bits per heavy atom. The molecule has 0 radical (unpaired) electrons. The summed E-state index contributed by atoms with van der Waals surface area (Å²) in [5.74, 6) is 1.98. The summed E-state index contributed by atoms with van der Waals surface area (Å²) in [6.07, 6.45) is 1.82. The van der Waals surface area contributed by atoms with Crippen LogP contribution in [0, 0.1) is 0 Å². The Hall–Kier alpha value is -3.67. The fourth-order valence-electron chi connectivity index (χ4n) is 3.67. The number of para-hydroxylation sites is 1. The summed E-state index contributed by atoms with van der Waals surface area (Å²) < 4.78 is 5.59. The molecule has 0 atom stereocenters. The molecule has 0 unspecified atom stereocenters. The molecule has 29 heavy (non-hydrogen) atoms. The van der Waals surface area contributed by atoms with Crippen LogP contribution in [0.15, 0.2) is 83.5 Å². The molecule has 2 aromatic heterocycles. The second kappa shape index (κ2) is 7.75. The Morgan fingerprint density at radius 1 is 0.724 bits per heavy atom. The number of rotatable bonds is 4. The molecule has 1 fully saturated rings. The maximum atomic E-state index is 5.59. The van der Waals surface area contributed by atoms with Crippen molar-refractivity contribution < 1.29 is 4.52 Å². The first-order chi connectivity index (χ1) is 14.4. The van der Waals surface area contributed by atoms with Crippen molar-refractivity contribution in [2.24, 2.45) is 0 Å². The molecule has 5 rings (SSSR count). The lowest BCUT2D eigenvalue weighted by Crippen LogP contribution is -2.47. The first kappa shape index (κ1) is 17.4. The Kier molecular flexibility index (Phi) is 4.66. The quantitative estimate of drug-likeness (QED) is 0.528. The Labute approximate surface area is 169 Å². The zero-order chi connectivity index (χ0) is 19.5. The van der Waals surface area contributed by atoms with Gasteiger partial charge in [0, 0.05) is 43.6 Å². The summed E-state index contributed by atoms with van der Waals surface area (Å²) in [6.45, 7) is 3.66. The van der Waals surface area contributed by atoms with Crippen molar-refractivity contribution in [1.29, 1.82) is 0 Å². The number of aromatic nitrogens is 3. The molecule has 0 saturated carbocycles. The largest absolute Gasteiger partial charge is 0.368 e. The van der Waals surface area contributed by atoms with Gasteiger partial charge in [-0.15, -0.1) is 0 Å². The third-order valence-electron chi connectivity index (χ3n) is 5.18. The number of hydrogen-bond donors (Lipinski definition) is 0. The molecule has 6 heteroatoms. The van der Waals surface area contributed by atoms with E-state index in [0.29, 0.717) is 11.7 Å². The van der Waals surface area contributed by atoms with E-state index in [0.717, 1.165) is 43.1 Å². The molecule has 6 nitrogen and oxygen atoms in total. The third-order valence-corrected chi connectivity index (χ3v) is 5.18. The predicted octanol–water partition coefficient (Wildman–Crippen LogP) is 4.13. The summed E-state index contributed by atoms with van der Waals surface area (Å²) in [6, 6.07) is 24.3. The average molecular weight is 383 g/mol. The smallest absolute Gasteiger partial charge is 0.261 e. The molecule has 1 aliphatic heterocycles. The second-order valence-electron chi connectivity index (χ2n) is 6.97. The molecule has 3 heterocycles. The number of piperazine rings is 1. The molecule has 144 valence electrons. The topological polar surface area (TPSA) is 58.3 Å². The monoisotopic (exact) mass is 383 g/mol. The summed E-state index contributed by atoms with van der Waals surface area (Å²) in [5.41, 5.74) is 3.07. The summed E-state index contributed by atoms with van der Waals surface area (Å²) in [7, 11) is 0. The van der Waals surface area contributed by atoms with Gasteiger partial charge in [-0.05, 0) is 24.3 Å². The van der Waals surface area contributed by atoms with Crippen LogP contribution >= 0.6 is 0 Å². The van der Waals surface area contributed by atoms with Crippen molar-refractivity contribution in [3.8, 4) is 22.8 Å². The van der Waals surface area contributed by atoms with Crippen LogP contribution in [0.5, 0.6) is 0 Å². The van der Waals surface area contributed by atoms with E-state index >= 15 is 0 Å². The lowest BCUT2D eigenvalue weighted by atomic mass is 10.2. The standard InChI is InChI=1S/C23H21N5O/c1-3-8-18(9-4-1)21-25-23(29-26-21)20-12-7-13-24-22(20)28-16-14-27(15-17-28)19-10-5-2-6-11-19/h1-13H,14-17H2. The van der Waals surface area contributed by atoms with Crippen molar-refractivity contribution in [1.82, 2.24) is 15.1 Å². The van der Waals surface area contributed by atoms with Crippen LogP contribution < -0.4 is 9.80 Å². The maximum Gasteiger partial charge on any atom is 0.261 e. The SMILES string of the molecule is c1ccc(-c2noc(-c3cccnc3N3CCN(c4ccccc4)CC3)n2)cc1. The van der Waals surface area contributed by atoms with Gasteiger partial charge in [-0.2, -0.15) is 4.98 Å². The van der Waals surface area contributed by atoms with Crippen molar-refractivity contribution in [3.05, 3.63) is 79.0 Å². The van der Waals surface area contributed by atoms with E-state index in [-0.39, 0.29) is 0 Å². The summed E-state index contributed by atoms with van der Waals surface area (Å²) >= 11 is 0. The number of benzene rings is 2. The molecule has 4 aromatic rings. The van der Waals surface area contributed by atoms with Crippen LogP contribution in [0.4, 0.5) is 11.5 Å². The molecular formula is C23H21N5O. The normalized spacial score (nSPS) is 14.2. The number of nitrogens with zero attached hydrogens (tertiary/aromatic N) is 5. The van der Waals surface area contributed by atoms with Gasteiger partial charge in [0.1, 0.15) is 5.82 Å². The van der Waals surface area contributed by atoms with E-state index in [1.165, 1.54) is 5.69 Å². The van der Waals surface area contributed by atoms with Crippen LogP contribution in [-0.2, 0) is 0 Å². The van der Waals surface area contributed by atoms with Crippen LogP contribution in [0.2, 0.25) is 0 Å². The first-order valence-corrected chi connectivity index (χ1v) is 9.78. The molecule has 1 saturated heterocycles. The van der Waals surface area contributed by atoms with Crippen LogP contribution in [0.25, 0.3) is 22.8 Å². The Bertz CT molecular complexity index is 1070. The van der Waals surface area contributed by atoms with Gasteiger partial charge in [-0.3, -0.25) is 0 Å². The number of anilines is 2. The van der Waals surface area contributed by atoms with Crippen molar-refractivity contribution in [2.75, 3.05) is 36.0 Å². The van der Waals surface area contributed by atoms with Gasteiger partial charge in [0.05, 0.1) is 5.56 Å². The zero-order valence-corrected chi connectivity index (χ0v) is 16.0. The van der Waals surface area contributed by atoms with Gasteiger partial charge in [0.15, 0.2) is 0 Å². The van der Waals surface area contributed by atoms with Crippen molar-refractivity contribution >= 4 is 11.5 Å². The molecule has 0 N–H and O–H groups in total. The fraction of sp³-hybridized carbons (Fsp3) is 0.174. The lowest BCUT2D eigenvalue weighted by Gasteiger charge is -2.37. The Balaban J connectivity index is 1.38. The molecule has 0 aliphatic carbocycles. The van der Waals surface area contributed by atoms with E-state index in [2.05, 4.69) is 49.2 Å². The minimum Gasteiger partial charge on any atom is -0.368 e. The van der Waals surface area contributed by atoms with Crippen molar-refractivity contribution in [2.45, 2.75) is 0 Å². The van der Waals surface area contributed by atoms with Gasteiger partial charge in [-0.25, -0.2) is 4.98 Å². The van der Waals surface area contributed by atoms with Crippen molar-refractivity contribution in [3.63, 3.8) is 0 Å². The van der Waals surface area contributed by atoms with E-state index in [1.54, 1.807) is 0 Å². The predicted molar refractivity (Wildman–Crippen MR) is 114 cm³/mol. The third kappa shape index (κ3) is 3.57. The van der Waals surface area contributed by atoms with Crippen LogP contribution in [0.3, 0.4) is 0 Å². The highest BCUT2D eigenvalue weighted by atomic mass is 16.5. The minimum absolute atomic E-state index is 0.498. The van der Waals surface area contributed by atoms with E-state index in [1.807, 2.05) is 54.7 Å². The van der Waals surface area contributed by atoms with Crippen LogP contribution in [-0.4, -0.2) is 41.3 Å². The van der Waals surface area contributed by atoms with Gasteiger partial charge < -0.3 is 14.3 Å². The second-order valence-corrected chi connectivity index (χ2v) is 6.97. The van der Waals surface area contributed by atoms with Crippen LogP contribution in [0.1, 0.15) is 0 Å². The molecule has 1 aliphatic rings. The minimum atomic E-state index is 0.498. The van der Waals surface area contributed by atoms with E-state index < -0.39 is 0 Å². The average Bonchev–Trinajstić information content (AvgIpc) is 3.31. The highest BCUT2D eigenvalue weighted by Crippen LogP contribution is 2.30. The summed E-state index contributed by atoms with van der Waals surface area (Å²) in [5, 5.41) is 4.16. The molecular weight excluding hydrogens is 362 g/mol. The zero-order valence-electron chi connectivity index (χ0n) is 16.0. The highest BCUT2D eigenvalue weighted by Gasteiger charge is 2.23. The Morgan fingerprint density at radius 2 is 1.41 bits per heavy atom. The first-order valence-electron chi connectivity index (χ1n) is 9.78. The van der Waals surface area contributed by atoms with Gasteiger partial charge in [0.25, 0.3) is 5.89 Å². The number of hydrogen-bond acceptors (Lipinski definition) is 6. The number of pyridine rings is 1. The maximum absolute atomic E-state index is 5.59. The summed E-state index contributed by atoms with van der Waals surface area (Å²) in [4.78, 5) is 13.9. The van der Waals surface area contributed by atoms with Gasteiger partial charge >= 0.3 is 0 Å². The van der Waals surface area contributed by atoms with E-state index in [9.17, 15) is 0 Å². The van der Waals surface area contributed by atoms with Gasteiger partial charge in [-0.1, -0.05) is 53.7 Å². The lowest BCUT2D eigenvalue weighted by molar-refractivity contribution is 0.432. The molecule has 0 amide bonds. The molecule has 2 aromatic carbocycles. The fourth-order valence-corrected chi connectivity index (χ4v) is 3.67. The molecule has 0 spiro atoms. The van der Waals surface area contributed by atoms with E-state index in [4.69, 9.17) is 4.52 Å². The molecule has 0 bridgehead atoms.